The van der Waals surface area contributed by atoms with Gasteiger partial charge in [0.05, 0.1) is 0 Å². The van der Waals surface area contributed by atoms with Crippen LogP contribution in [0.2, 0.25) is 0 Å². The van der Waals surface area contributed by atoms with Crippen LogP contribution in [0.1, 0.15) is 36.5 Å². The fourth-order valence-electron chi connectivity index (χ4n) is 3.34. The summed E-state index contributed by atoms with van der Waals surface area (Å²) < 4.78 is 0. The number of aryl methyl sites for hydroxylation is 1. The fraction of sp³-hybridized carbons (Fsp3) is 0.625. The quantitative estimate of drug-likeness (QED) is 0.859. The molecule has 2 heterocycles. The normalized spacial score (nSPS) is 21.8. The van der Waals surface area contributed by atoms with Crippen molar-refractivity contribution in [1.29, 1.82) is 0 Å². The second kappa shape index (κ2) is 5.41. The molecule has 0 saturated carbocycles. The fourth-order valence-corrected chi connectivity index (χ4v) is 3.34. The molecule has 0 bridgehead atoms. The van der Waals surface area contributed by atoms with Gasteiger partial charge < -0.3 is 5.32 Å². The van der Waals surface area contributed by atoms with E-state index in [0.717, 1.165) is 12.5 Å². The minimum Gasteiger partial charge on any atom is -0.317 e. The number of nitrogens with zero attached hydrogens (tertiary/aromatic N) is 1. The lowest BCUT2D eigenvalue weighted by Gasteiger charge is -2.38. The molecule has 0 spiro atoms. The lowest BCUT2D eigenvalue weighted by molar-refractivity contribution is 0.147. The summed E-state index contributed by atoms with van der Waals surface area (Å²) in [6.07, 6.45) is 5.04. The molecule has 2 aliphatic rings. The summed E-state index contributed by atoms with van der Waals surface area (Å²) in [7, 11) is 0. The highest BCUT2D eigenvalue weighted by atomic mass is 15.2. The van der Waals surface area contributed by atoms with E-state index < -0.39 is 0 Å². The summed E-state index contributed by atoms with van der Waals surface area (Å²) in [5.41, 5.74) is 4.65. The molecule has 2 aliphatic heterocycles. The van der Waals surface area contributed by atoms with Crippen LogP contribution in [0.5, 0.6) is 0 Å². The van der Waals surface area contributed by atoms with Gasteiger partial charge in [-0.2, -0.15) is 0 Å². The van der Waals surface area contributed by atoms with Crippen LogP contribution in [0.15, 0.2) is 18.2 Å². The van der Waals surface area contributed by atoms with Crippen molar-refractivity contribution in [2.24, 2.45) is 0 Å². The van der Waals surface area contributed by atoms with Gasteiger partial charge in [0.1, 0.15) is 0 Å². The standard InChI is InChI=1S/C16H24N2/c1-2-13-3-4-14-7-10-18(12-15(14)11-13)16-5-8-17-9-6-16/h3-4,11,16-17H,2,5-10,12H2,1H3. The lowest BCUT2D eigenvalue weighted by Crippen LogP contribution is -2.45. The average molecular weight is 244 g/mol. The predicted octanol–water partition coefficient (Wildman–Crippen LogP) is 2.36. The van der Waals surface area contributed by atoms with Crippen molar-refractivity contribution in [3.8, 4) is 0 Å². The molecule has 2 heteroatoms. The van der Waals surface area contributed by atoms with Crippen molar-refractivity contribution in [1.82, 2.24) is 10.2 Å². The third-order valence-corrected chi connectivity index (χ3v) is 4.55. The molecule has 1 N–H and O–H groups in total. The van der Waals surface area contributed by atoms with Crippen LogP contribution in [-0.2, 0) is 19.4 Å². The second-order valence-corrected chi connectivity index (χ2v) is 5.66. The van der Waals surface area contributed by atoms with E-state index in [0.29, 0.717) is 0 Å². The molecule has 0 aromatic heterocycles. The summed E-state index contributed by atoms with van der Waals surface area (Å²) in [4.78, 5) is 2.71. The Bertz CT molecular complexity index is 408. The van der Waals surface area contributed by atoms with E-state index in [1.807, 2.05) is 0 Å². The number of benzene rings is 1. The highest BCUT2D eigenvalue weighted by Crippen LogP contribution is 2.24. The van der Waals surface area contributed by atoms with Crippen LogP contribution in [0.25, 0.3) is 0 Å². The van der Waals surface area contributed by atoms with Gasteiger partial charge in [-0.3, -0.25) is 4.90 Å². The number of hydrogen-bond acceptors (Lipinski definition) is 2. The molecule has 1 aromatic carbocycles. The summed E-state index contributed by atoms with van der Waals surface area (Å²) in [5, 5.41) is 3.46. The van der Waals surface area contributed by atoms with Crippen molar-refractivity contribution in [2.45, 2.75) is 45.2 Å². The molecular formula is C16H24N2. The summed E-state index contributed by atoms with van der Waals surface area (Å²) in [6.45, 7) is 7.07. The zero-order valence-corrected chi connectivity index (χ0v) is 11.4. The van der Waals surface area contributed by atoms with Crippen LogP contribution < -0.4 is 5.32 Å². The SMILES string of the molecule is CCc1ccc2c(c1)CN(C1CCNCC1)CC2. The first kappa shape index (κ1) is 12.2. The van der Waals surface area contributed by atoms with Crippen molar-refractivity contribution >= 4 is 0 Å². The van der Waals surface area contributed by atoms with E-state index in [-0.39, 0.29) is 0 Å². The van der Waals surface area contributed by atoms with E-state index in [4.69, 9.17) is 0 Å². The molecule has 1 aromatic rings. The summed E-state index contributed by atoms with van der Waals surface area (Å²) in [5.74, 6) is 0. The smallest absolute Gasteiger partial charge is 0.0239 e. The number of fused-ring (bicyclic) bond motifs is 1. The van der Waals surface area contributed by atoms with Crippen LogP contribution in [0.3, 0.4) is 0 Å². The van der Waals surface area contributed by atoms with Crippen molar-refractivity contribution in [2.75, 3.05) is 19.6 Å². The molecule has 0 radical (unpaired) electrons. The Kier molecular flexibility index (Phi) is 3.67. The first-order chi connectivity index (χ1) is 8.86. The van der Waals surface area contributed by atoms with Gasteiger partial charge in [0.15, 0.2) is 0 Å². The number of nitrogens with one attached hydrogen (secondary N) is 1. The van der Waals surface area contributed by atoms with Gasteiger partial charge in [-0.25, -0.2) is 0 Å². The summed E-state index contributed by atoms with van der Waals surface area (Å²) >= 11 is 0. The van der Waals surface area contributed by atoms with E-state index >= 15 is 0 Å². The Labute approximate surface area is 110 Å². The van der Waals surface area contributed by atoms with E-state index in [9.17, 15) is 0 Å². The zero-order valence-electron chi connectivity index (χ0n) is 11.4. The van der Waals surface area contributed by atoms with Gasteiger partial charge in [-0.15, -0.1) is 0 Å². The van der Waals surface area contributed by atoms with Gasteiger partial charge in [0.25, 0.3) is 0 Å². The largest absolute Gasteiger partial charge is 0.317 e. The number of rotatable bonds is 2. The van der Waals surface area contributed by atoms with E-state index in [1.54, 1.807) is 11.1 Å². The highest BCUT2D eigenvalue weighted by Gasteiger charge is 2.24. The third-order valence-electron chi connectivity index (χ3n) is 4.55. The first-order valence-corrected chi connectivity index (χ1v) is 7.42. The van der Waals surface area contributed by atoms with Gasteiger partial charge in [-0.1, -0.05) is 25.1 Å². The Balaban J connectivity index is 1.74. The van der Waals surface area contributed by atoms with Crippen molar-refractivity contribution < 1.29 is 0 Å². The van der Waals surface area contributed by atoms with Crippen LogP contribution in [-0.4, -0.2) is 30.6 Å². The maximum Gasteiger partial charge on any atom is 0.0239 e. The molecule has 98 valence electrons. The molecular weight excluding hydrogens is 220 g/mol. The van der Waals surface area contributed by atoms with Gasteiger partial charge in [-0.05, 0) is 55.5 Å². The second-order valence-electron chi connectivity index (χ2n) is 5.66. The van der Waals surface area contributed by atoms with Gasteiger partial charge in [0.2, 0.25) is 0 Å². The van der Waals surface area contributed by atoms with Crippen LogP contribution in [0.4, 0.5) is 0 Å². The molecule has 1 fully saturated rings. The Morgan fingerprint density at radius 3 is 2.83 bits per heavy atom. The van der Waals surface area contributed by atoms with Crippen molar-refractivity contribution in [3.05, 3.63) is 34.9 Å². The monoisotopic (exact) mass is 244 g/mol. The molecule has 0 aliphatic carbocycles. The molecule has 0 atom stereocenters. The topological polar surface area (TPSA) is 15.3 Å². The number of hydrogen-bond donors (Lipinski definition) is 1. The maximum absolute atomic E-state index is 3.46. The minimum absolute atomic E-state index is 0.810. The first-order valence-electron chi connectivity index (χ1n) is 7.42. The van der Waals surface area contributed by atoms with Crippen molar-refractivity contribution in [3.63, 3.8) is 0 Å². The predicted molar refractivity (Wildman–Crippen MR) is 75.8 cm³/mol. The van der Waals surface area contributed by atoms with Gasteiger partial charge in [0, 0.05) is 19.1 Å². The Morgan fingerprint density at radius 1 is 1.22 bits per heavy atom. The van der Waals surface area contributed by atoms with Crippen LogP contribution in [0, 0.1) is 0 Å². The van der Waals surface area contributed by atoms with E-state index in [1.165, 1.54) is 51.0 Å². The molecule has 2 nitrogen and oxygen atoms in total. The maximum atomic E-state index is 3.46. The molecule has 0 unspecified atom stereocenters. The molecule has 3 rings (SSSR count). The highest BCUT2D eigenvalue weighted by molar-refractivity contribution is 5.34. The molecule has 0 amide bonds. The molecule has 1 saturated heterocycles. The van der Waals surface area contributed by atoms with E-state index in [2.05, 4.69) is 35.3 Å². The zero-order chi connectivity index (χ0) is 12.4. The average Bonchev–Trinajstić information content (AvgIpc) is 2.47. The third kappa shape index (κ3) is 2.45. The Hall–Kier alpha value is -0.860. The summed E-state index contributed by atoms with van der Waals surface area (Å²) in [6, 6.07) is 7.90. The Morgan fingerprint density at radius 2 is 2.06 bits per heavy atom. The van der Waals surface area contributed by atoms with Crippen LogP contribution >= 0.6 is 0 Å². The number of piperidine rings is 1. The molecule has 18 heavy (non-hydrogen) atoms. The lowest BCUT2D eigenvalue weighted by atomic mass is 9.94. The van der Waals surface area contributed by atoms with Gasteiger partial charge >= 0.3 is 0 Å². The minimum atomic E-state index is 0.810.